The van der Waals surface area contributed by atoms with Crippen molar-refractivity contribution in [1.82, 2.24) is 20.4 Å². The van der Waals surface area contributed by atoms with Crippen molar-refractivity contribution < 1.29 is 28.8 Å². The van der Waals surface area contributed by atoms with Gasteiger partial charge in [0.2, 0.25) is 11.8 Å². The minimum absolute atomic E-state index is 0.246. The smallest absolute Gasteiger partial charge is 0.262 e. The van der Waals surface area contributed by atoms with Crippen LogP contribution in [-0.2, 0) is 9.59 Å². The number of benzene rings is 2. The second-order valence-corrected chi connectivity index (χ2v) is 11.8. The van der Waals surface area contributed by atoms with Gasteiger partial charge in [0.05, 0.1) is 22.3 Å². The molecule has 0 saturated heterocycles. The van der Waals surface area contributed by atoms with E-state index in [1.807, 2.05) is 27.7 Å². The highest BCUT2D eigenvalue weighted by Gasteiger charge is 2.45. The summed E-state index contributed by atoms with van der Waals surface area (Å²) in [6, 6.07) is 11.5. The van der Waals surface area contributed by atoms with Crippen LogP contribution in [0.3, 0.4) is 0 Å². The molecule has 2 aliphatic heterocycles. The number of imide groups is 2. The Labute approximate surface area is 252 Å². The molecule has 0 unspecified atom stereocenters. The van der Waals surface area contributed by atoms with Crippen LogP contribution in [0, 0.1) is 11.8 Å². The van der Waals surface area contributed by atoms with Crippen molar-refractivity contribution in [3.8, 4) is 0 Å². The van der Waals surface area contributed by atoms with E-state index >= 15 is 0 Å². The number of carbonyl (C=O) groups is 6. The quantitative estimate of drug-likeness (QED) is 0.255. The Balaban J connectivity index is 1.16. The number of nitrogens with zero attached hydrogens (tertiary/aromatic N) is 2. The van der Waals surface area contributed by atoms with Crippen LogP contribution >= 0.6 is 0 Å². The van der Waals surface area contributed by atoms with Crippen molar-refractivity contribution in [1.29, 1.82) is 0 Å². The van der Waals surface area contributed by atoms with Gasteiger partial charge in [-0.15, -0.1) is 0 Å². The van der Waals surface area contributed by atoms with Crippen molar-refractivity contribution in [2.75, 3.05) is 13.1 Å². The summed E-state index contributed by atoms with van der Waals surface area (Å²) in [4.78, 5) is 79.7. The predicted molar refractivity (Wildman–Crippen MR) is 160 cm³/mol. The highest BCUT2D eigenvalue weighted by atomic mass is 16.2. The molecule has 0 aliphatic carbocycles. The fraction of sp³-hybridized carbons (Fsp3) is 0.455. The first-order valence-corrected chi connectivity index (χ1v) is 15.1. The van der Waals surface area contributed by atoms with Crippen LogP contribution in [0.5, 0.6) is 0 Å². The van der Waals surface area contributed by atoms with Crippen LogP contribution in [0.25, 0.3) is 0 Å². The number of amides is 6. The lowest BCUT2D eigenvalue weighted by molar-refractivity contribution is -0.126. The number of rotatable bonds is 14. The normalized spacial score (nSPS) is 15.7. The minimum Gasteiger partial charge on any atom is -0.354 e. The summed E-state index contributed by atoms with van der Waals surface area (Å²) in [6.07, 6.45) is 4.08. The monoisotopic (exact) mass is 588 g/mol. The molecule has 6 amide bonds. The summed E-state index contributed by atoms with van der Waals surface area (Å²) in [5, 5.41) is 5.78. The van der Waals surface area contributed by atoms with Crippen LogP contribution < -0.4 is 10.6 Å². The molecule has 10 heteroatoms. The summed E-state index contributed by atoms with van der Waals surface area (Å²) in [7, 11) is 0. The standard InChI is InChI=1S/C33H40N4O6/c1-20(2)26(36-30(40)22-14-8-9-15-23(22)31(36)41)28(38)34-18-12-6-5-7-13-19-35-29(39)27(21(3)4)37-32(42)24-16-10-11-17-25(24)33(37)43/h8-11,14-17,20-21,26-27H,5-7,12-13,18-19H2,1-4H3,(H,34,38)(H,35,39)/t26-,27+. The van der Waals surface area contributed by atoms with E-state index in [-0.39, 0.29) is 23.7 Å². The van der Waals surface area contributed by atoms with E-state index in [2.05, 4.69) is 10.6 Å². The maximum Gasteiger partial charge on any atom is 0.262 e. The SMILES string of the molecule is CC(C)[C@@H](C(=O)NCCCCCCCNC(=O)[C@@H](C(C)C)N1C(=O)c2ccccc2C1=O)N1C(=O)c2ccccc2C1=O. The van der Waals surface area contributed by atoms with Gasteiger partial charge in [-0.2, -0.15) is 0 Å². The molecule has 10 nitrogen and oxygen atoms in total. The Bertz CT molecular complexity index is 1240. The molecular formula is C33H40N4O6. The van der Waals surface area contributed by atoms with Gasteiger partial charge >= 0.3 is 0 Å². The van der Waals surface area contributed by atoms with Gasteiger partial charge in [0.25, 0.3) is 23.6 Å². The largest absolute Gasteiger partial charge is 0.354 e. The van der Waals surface area contributed by atoms with E-state index in [0.29, 0.717) is 35.3 Å². The first kappa shape index (κ1) is 31.6. The zero-order valence-electron chi connectivity index (χ0n) is 25.2. The molecule has 0 aromatic heterocycles. The Hall–Kier alpha value is -4.34. The Morgan fingerprint density at radius 3 is 1.09 bits per heavy atom. The lowest BCUT2D eigenvalue weighted by Gasteiger charge is -2.28. The average molecular weight is 589 g/mol. The second-order valence-electron chi connectivity index (χ2n) is 11.8. The summed E-state index contributed by atoms with van der Waals surface area (Å²) in [5.41, 5.74) is 1.30. The molecular weight excluding hydrogens is 548 g/mol. The number of carbonyl (C=O) groups excluding carboxylic acids is 6. The van der Waals surface area contributed by atoms with E-state index in [1.165, 1.54) is 0 Å². The van der Waals surface area contributed by atoms with Crippen molar-refractivity contribution in [3.63, 3.8) is 0 Å². The van der Waals surface area contributed by atoms with E-state index in [4.69, 9.17) is 0 Å². The second kappa shape index (κ2) is 13.8. The van der Waals surface area contributed by atoms with Gasteiger partial charge < -0.3 is 10.6 Å². The van der Waals surface area contributed by atoms with Crippen LogP contribution in [0.1, 0.15) is 101 Å². The van der Waals surface area contributed by atoms with Crippen LogP contribution in [-0.4, -0.2) is 70.4 Å². The van der Waals surface area contributed by atoms with Gasteiger partial charge in [-0.05, 0) is 48.9 Å². The average Bonchev–Trinajstić information content (AvgIpc) is 3.37. The fourth-order valence-electron chi connectivity index (χ4n) is 5.77. The van der Waals surface area contributed by atoms with E-state index < -0.39 is 35.7 Å². The zero-order valence-corrected chi connectivity index (χ0v) is 25.2. The number of nitrogens with one attached hydrogen (secondary N) is 2. The molecule has 0 bridgehead atoms. The summed E-state index contributed by atoms with van der Waals surface area (Å²) in [5.74, 6) is -2.94. The van der Waals surface area contributed by atoms with Gasteiger partial charge in [0.15, 0.2) is 0 Å². The minimum atomic E-state index is -0.883. The van der Waals surface area contributed by atoms with Gasteiger partial charge in [-0.1, -0.05) is 71.2 Å². The van der Waals surface area contributed by atoms with E-state index in [9.17, 15) is 28.8 Å². The van der Waals surface area contributed by atoms with Crippen molar-refractivity contribution in [3.05, 3.63) is 70.8 Å². The fourth-order valence-corrected chi connectivity index (χ4v) is 5.77. The van der Waals surface area contributed by atoms with E-state index in [0.717, 1.165) is 41.9 Å². The lowest BCUT2D eigenvalue weighted by atomic mass is 10.0. The van der Waals surface area contributed by atoms with Gasteiger partial charge in [0, 0.05) is 13.1 Å². The number of hydrogen-bond acceptors (Lipinski definition) is 6. The molecule has 2 N–H and O–H groups in total. The lowest BCUT2D eigenvalue weighted by Crippen LogP contribution is -2.52. The molecule has 43 heavy (non-hydrogen) atoms. The van der Waals surface area contributed by atoms with E-state index in [1.54, 1.807) is 48.5 Å². The molecule has 4 rings (SSSR count). The molecule has 228 valence electrons. The first-order chi connectivity index (χ1) is 20.6. The molecule has 0 spiro atoms. The van der Waals surface area contributed by atoms with Gasteiger partial charge in [-0.25, -0.2) is 0 Å². The zero-order chi connectivity index (χ0) is 31.3. The van der Waals surface area contributed by atoms with Crippen LogP contribution in [0.4, 0.5) is 0 Å². The topological polar surface area (TPSA) is 133 Å². The van der Waals surface area contributed by atoms with Crippen LogP contribution in [0.2, 0.25) is 0 Å². The third-order valence-corrected chi connectivity index (χ3v) is 7.96. The molecule has 2 aliphatic rings. The number of hydrogen-bond donors (Lipinski definition) is 2. The molecule has 2 atom stereocenters. The molecule has 2 aromatic rings. The highest BCUT2D eigenvalue weighted by molar-refractivity contribution is 6.23. The molecule has 0 fully saturated rings. The van der Waals surface area contributed by atoms with Gasteiger partial charge in [0.1, 0.15) is 12.1 Å². The van der Waals surface area contributed by atoms with Crippen LogP contribution in [0.15, 0.2) is 48.5 Å². The predicted octanol–water partition coefficient (Wildman–Crippen LogP) is 3.81. The molecule has 2 heterocycles. The first-order valence-electron chi connectivity index (χ1n) is 15.1. The highest BCUT2D eigenvalue weighted by Crippen LogP contribution is 2.28. The Kier molecular flexibility index (Phi) is 10.1. The summed E-state index contributed by atoms with van der Waals surface area (Å²) in [6.45, 7) is 8.12. The van der Waals surface area contributed by atoms with Gasteiger partial charge in [-0.3, -0.25) is 38.6 Å². The summed E-state index contributed by atoms with van der Waals surface area (Å²) < 4.78 is 0. The molecule has 2 aromatic carbocycles. The maximum atomic E-state index is 13.0. The van der Waals surface area contributed by atoms with Crippen molar-refractivity contribution in [2.24, 2.45) is 11.8 Å². The number of fused-ring (bicyclic) bond motifs is 2. The number of unbranched alkanes of at least 4 members (excludes halogenated alkanes) is 4. The Morgan fingerprint density at radius 2 is 0.814 bits per heavy atom. The molecule has 0 radical (unpaired) electrons. The third-order valence-electron chi connectivity index (χ3n) is 7.96. The molecule has 0 saturated carbocycles. The van der Waals surface area contributed by atoms with Crippen molar-refractivity contribution >= 4 is 35.4 Å². The van der Waals surface area contributed by atoms with Crippen molar-refractivity contribution in [2.45, 2.75) is 71.9 Å². The third kappa shape index (κ3) is 6.53. The maximum absolute atomic E-state index is 13.0. The summed E-state index contributed by atoms with van der Waals surface area (Å²) >= 11 is 0. The Morgan fingerprint density at radius 1 is 0.535 bits per heavy atom.